The van der Waals surface area contributed by atoms with Gasteiger partial charge in [-0.2, -0.15) is 13.2 Å². The van der Waals surface area contributed by atoms with E-state index in [1.807, 2.05) is 19.0 Å². The number of carbonyl (C=O) groups excluding carboxylic acids is 1. The largest absolute Gasteiger partial charge is 0.492 e. The highest BCUT2D eigenvalue weighted by atomic mass is 19.4. The minimum atomic E-state index is -4.50. The van der Waals surface area contributed by atoms with E-state index in [9.17, 15) is 18.0 Å². The van der Waals surface area contributed by atoms with Crippen LogP contribution in [0.15, 0.2) is 54.9 Å². The zero-order chi connectivity index (χ0) is 21.0. The Kier molecular flexibility index (Phi) is 6.03. The lowest BCUT2D eigenvalue weighted by Crippen LogP contribution is -2.19. The van der Waals surface area contributed by atoms with E-state index in [-0.39, 0.29) is 16.5 Å². The molecule has 0 aliphatic rings. The highest BCUT2D eigenvalue weighted by Crippen LogP contribution is 2.37. The van der Waals surface area contributed by atoms with Gasteiger partial charge in [0.2, 0.25) is 0 Å². The van der Waals surface area contributed by atoms with Crippen molar-refractivity contribution in [2.24, 2.45) is 0 Å². The number of fused-ring (bicyclic) bond motifs is 1. The number of halogens is 3. The van der Waals surface area contributed by atoms with Gasteiger partial charge < -0.3 is 15.0 Å². The number of likely N-dealkylation sites (N-methyl/N-ethyl adjacent to an activating group) is 1. The van der Waals surface area contributed by atoms with Gasteiger partial charge in [0.1, 0.15) is 12.4 Å². The third-order valence-corrected chi connectivity index (χ3v) is 4.30. The summed E-state index contributed by atoms with van der Waals surface area (Å²) in [6.45, 7) is 1.28. The average Bonchev–Trinajstić information content (AvgIpc) is 2.67. The van der Waals surface area contributed by atoms with Gasteiger partial charge >= 0.3 is 6.18 Å². The van der Waals surface area contributed by atoms with Gasteiger partial charge in [-0.3, -0.25) is 9.78 Å². The predicted molar refractivity (Wildman–Crippen MR) is 105 cm³/mol. The fraction of sp³-hybridized carbons (Fsp3) is 0.238. The van der Waals surface area contributed by atoms with Crippen LogP contribution in [-0.2, 0) is 6.18 Å². The number of rotatable bonds is 6. The Morgan fingerprint density at radius 1 is 1.07 bits per heavy atom. The van der Waals surface area contributed by atoms with Gasteiger partial charge in [-0.15, -0.1) is 0 Å². The van der Waals surface area contributed by atoms with E-state index in [1.54, 1.807) is 24.3 Å². The van der Waals surface area contributed by atoms with Crippen molar-refractivity contribution < 1.29 is 22.7 Å². The number of anilines is 1. The second kappa shape index (κ2) is 8.48. The Balaban J connectivity index is 1.78. The summed E-state index contributed by atoms with van der Waals surface area (Å²) in [5.41, 5.74) is -0.147. The molecule has 0 saturated carbocycles. The molecule has 0 atom stereocenters. The van der Waals surface area contributed by atoms with E-state index in [0.717, 1.165) is 12.6 Å². The van der Waals surface area contributed by atoms with Crippen LogP contribution in [0.5, 0.6) is 5.75 Å². The number of pyridine rings is 1. The molecular formula is C21H20F3N3O2. The van der Waals surface area contributed by atoms with E-state index in [2.05, 4.69) is 10.3 Å². The molecule has 152 valence electrons. The van der Waals surface area contributed by atoms with Crippen molar-refractivity contribution in [2.75, 3.05) is 32.6 Å². The number of nitrogens with zero attached hydrogens (tertiary/aromatic N) is 2. The van der Waals surface area contributed by atoms with Gasteiger partial charge in [0, 0.05) is 29.9 Å². The maximum absolute atomic E-state index is 13.2. The summed E-state index contributed by atoms with van der Waals surface area (Å²) in [7, 11) is 3.88. The quantitative estimate of drug-likeness (QED) is 0.661. The van der Waals surface area contributed by atoms with Crippen molar-refractivity contribution in [3.8, 4) is 5.75 Å². The molecule has 3 rings (SSSR count). The monoisotopic (exact) mass is 403 g/mol. The summed E-state index contributed by atoms with van der Waals surface area (Å²) in [6.07, 6.45) is -1.90. The lowest BCUT2D eigenvalue weighted by molar-refractivity contribution is -0.136. The summed E-state index contributed by atoms with van der Waals surface area (Å²) in [6, 6.07) is 10.0. The highest BCUT2D eigenvalue weighted by Gasteiger charge is 2.33. The number of nitrogens with one attached hydrogen (secondary N) is 1. The number of benzene rings is 2. The van der Waals surface area contributed by atoms with Crippen LogP contribution >= 0.6 is 0 Å². The molecule has 0 fully saturated rings. The molecule has 0 radical (unpaired) electrons. The Labute approximate surface area is 166 Å². The molecule has 1 N–H and O–H groups in total. The van der Waals surface area contributed by atoms with Gasteiger partial charge in [-0.05, 0) is 61.9 Å². The number of alkyl halides is 3. The minimum Gasteiger partial charge on any atom is -0.492 e. The standard InChI is InChI=1S/C21H20F3N3O2/c1-27(2)11-12-29-15-5-3-14(4-6-15)20(28)26-19-8-7-18(21(22,23)24)16-9-10-25-13-17(16)19/h3-10,13H,11-12H2,1-2H3,(H,26,28). The molecule has 29 heavy (non-hydrogen) atoms. The van der Waals surface area contributed by atoms with Gasteiger partial charge in [-0.25, -0.2) is 0 Å². The van der Waals surface area contributed by atoms with Crippen LogP contribution in [0, 0.1) is 0 Å². The zero-order valence-corrected chi connectivity index (χ0v) is 16.0. The molecule has 3 aromatic rings. The molecule has 8 heteroatoms. The second-order valence-electron chi connectivity index (χ2n) is 6.71. The van der Waals surface area contributed by atoms with Crippen molar-refractivity contribution >= 4 is 22.4 Å². The molecule has 1 amide bonds. The second-order valence-corrected chi connectivity index (χ2v) is 6.71. The van der Waals surface area contributed by atoms with Crippen molar-refractivity contribution in [1.82, 2.24) is 9.88 Å². The Hall–Kier alpha value is -3.13. The Morgan fingerprint density at radius 3 is 2.45 bits per heavy atom. The molecule has 0 spiro atoms. The first-order valence-corrected chi connectivity index (χ1v) is 8.88. The first-order chi connectivity index (χ1) is 13.8. The van der Waals surface area contributed by atoms with Crippen LogP contribution in [0.1, 0.15) is 15.9 Å². The third-order valence-electron chi connectivity index (χ3n) is 4.30. The molecule has 5 nitrogen and oxygen atoms in total. The minimum absolute atomic E-state index is 0.0186. The van der Waals surface area contributed by atoms with E-state index in [1.165, 1.54) is 24.5 Å². The summed E-state index contributed by atoms with van der Waals surface area (Å²) in [5.74, 6) is 0.197. The molecule has 2 aromatic carbocycles. The van der Waals surface area contributed by atoms with Gasteiger partial charge in [0.25, 0.3) is 5.91 Å². The van der Waals surface area contributed by atoms with Crippen molar-refractivity contribution in [2.45, 2.75) is 6.18 Å². The van der Waals surface area contributed by atoms with Gasteiger partial charge in [0.15, 0.2) is 0 Å². The van der Waals surface area contributed by atoms with Gasteiger partial charge in [0.05, 0.1) is 11.3 Å². The first-order valence-electron chi connectivity index (χ1n) is 8.88. The lowest BCUT2D eigenvalue weighted by atomic mass is 10.0. The van der Waals surface area contributed by atoms with Crippen molar-refractivity contribution in [1.29, 1.82) is 0 Å². The average molecular weight is 403 g/mol. The normalized spacial score (nSPS) is 11.7. The zero-order valence-electron chi connectivity index (χ0n) is 16.0. The van der Waals surface area contributed by atoms with E-state index in [0.29, 0.717) is 17.9 Å². The van der Waals surface area contributed by atoms with E-state index in [4.69, 9.17) is 4.74 Å². The van der Waals surface area contributed by atoms with Crippen LogP contribution < -0.4 is 10.1 Å². The number of amides is 1. The fourth-order valence-electron chi connectivity index (χ4n) is 2.79. The fourth-order valence-corrected chi connectivity index (χ4v) is 2.79. The lowest BCUT2D eigenvalue weighted by Gasteiger charge is -2.14. The summed E-state index contributed by atoms with van der Waals surface area (Å²) in [4.78, 5) is 18.4. The van der Waals surface area contributed by atoms with Crippen LogP contribution in [0.3, 0.4) is 0 Å². The topological polar surface area (TPSA) is 54.5 Å². The molecule has 0 aliphatic heterocycles. The van der Waals surface area contributed by atoms with Crippen LogP contribution in [0.4, 0.5) is 18.9 Å². The molecular weight excluding hydrogens is 383 g/mol. The molecule has 0 aliphatic carbocycles. The van der Waals surface area contributed by atoms with Crippen LogP contribution in [0.25, 0.3) is 10.8 Å². The number of hydrogen-bond donors (Lipinski definition) is 1. The maximum atomic E-state index is 13.2. The number of hydrogen-bond acceptors (Lipinski definition) is 4. The predicted octanol–water partition coefficient (Wildman–Crippen LogP) is 4.45. The summed E-state index contributed by atoms with van der Waals surface area (Å²) >= 11 is 0. The smallest absolute Gasteiger partial charge is 0.417 e. The molecule has 1 aromatic heterocycles. The summed E-state index contributed by atoms with van der Waals surface area (Å²) < 4.78 is 45.3. The summed E-state index contributed by atoms with van der Waals surface area (Å²) in [5, 5.41) is 2.87. The SMILES string of the molecule is CN(C)CCOc1ccc(C(=O)Nc2ccc(C(F)(F)F)c3ccncc23)cc1. The van der Waals surface area contributed by atoms with E-state index < -0.39 is 17.6 Å². The molecule has 0 saturated heterocycles. The first kappa shape index (κ1) is 20.6. The van der Waals surface area contributed by atoms with Crippen LogP contribution in [0.2, 0.25) is 0 Å². The number of aromatic nitrogens is 1. The van der Waals surface area contributed by atoms with E-state index >= 15 is 0 Å². The van der Waals surface area contributed by atoms with Crippen molar-refractivity contribution in [3.63, 3.8) is 0 Å². The molecule has 0 unspecified atom stereocenters. The Bertz CT molecular complexity index is 1000. The molecule has 1 heterocycles. The number of carbonyl (C=O) groups is 1. The van der Waals surface area contributed by atoms with Gasteiger partial charge in [-0.1, -0.05) is 0 Å². The molecule has 0 bridgehead atoms. The number of ether oxygens (including phenoxy) is 1. The maximum Gasteiger partial charge on any atom is 0.417 e. The van der Waals surface area contributed by atoms with Crippen LogP contribution in [-0.4, -0.2) is 43.0 Å². The van der Waals surface area contributed by atoms with Crippen molar-refractivity contribution in [3.05, 3.63) is 66.0 Å². The third kappa shape index (κ3) is 5.03. The Morgan fingerprint density at radius 2 is 1.79 bits per heavy atom. The highest BCUT2D eigenvalue weighted by molar-refractivity contribution is 6.09.